The Balaban J connectivity index is 1.82. The maximum Gasteiger partial charge on any atom is 0.163 e. The Hall–Kier alpha value is -1.40. The van der Waals surface area contributed by atoms with Gasteiger partial charge in [-0.1, -0.05) is 13.8 Å². The molecule has 3 aliphatic rings. The predicted octanol–water partition coefficient (Wildman–Crippen LogP) is 6.37. The topological polar surface area (TPSA) is 52.6 Å². The van der Waals surface area contributed by atoms with Crippen LogP contribution in [0, 0.1) is 5.92 Å². The van der Waals surface area contributed by atoms with Crippen LogP contribution in [0.3, 0.4) is 0 Å². The number of carbonyl (C=O) groups excluding carboxylic acids is 2. The first-order valence-electron chi connectivity index (χ1n) is 10.2. The van der Waals surface area contributed by atoms with E-state index in [9.17, 15) is 9.59 Å². The molecule has 0 fully saturated rings. The summed E-state index contributed by atoms with van der Waals surface area (Å²) in [5.41, 5.74) is 2.24. The van der Waals surface area contributed by atoms with E-state index in [0.717, 1.165) is 57.5 Å². The summed E-state index contributed by atoms with van der Waals surface area (Å²) in [5, 5.41) is 0. The van der Waals surface area contributed by atoms with Gasteiger partial charge in [0.2, 0.25) is 0 Å². The first-order valence-corrected chi connectivity index (χ1v) is 11.8. The van der Waals surface area contributed by atoms with Crippen molar-refractivity contribution in [3.05, 3.63) is 49.3 Å². The average Bonchev–Trinajstić information content (AvgIpc) is 2.66. The van der Waals surface area contributed by atoms with Crippen LogP contribution in [0.15, 0.2) is 43.7 Å². The van der Waals surface area contributed by atoms with Crippen molar-refractivity contribution in [2.75, 3.05) is 6.61 Å². The number of ether oxygens (including phenoxy) is 2. The summed E-state index contributed by atoms with van der Waals surface area (Å²) < 4.78 is 13.7. The molecule has 29 heavy (non-hydrogen) atoms. The lowest BCUT2D eigenvalue weighted by molar-refractivity contribution is -0.117. The third kappa shape index (κ3) is 3.98. The van der Waals surface area contributed by atoms with Crippen LogP contribution in [0.5, 0.6) is 5.75 Å². The molecule has 0 saturated heterocycles. The summed E-state index contributed by atoms with van der Waals surface area (Å²) in [6, 6.07) is 3.96. The van der Waals surface area contributed by atoms with Gasteiger partial charge in [0, 0.05) is 42.7 Å². The second-order valence-corrected chi connectivity index (χ2v) is 9.99. The summed E-state index contributed by atoms with van der Waals surface area (Å²) in [5.74, 6) is 2.48. The molecule has 0 bridgehead atoms. The molecule has 0 saturated carbocycles. The normalized spacial score (nSPS) is 20.0. The van der Waals surface area contributed by atoms with Gasteiger partial charge >= 0.3 is 0 Å². The molecule has 0 aromatic heterocycles. The zero-order chi connectivity index (χ0) is 20.7. The van der Waals surface area contributed by atoms with Gasteiger partial charge in [-0.2, -0.15) is 0 Å². The van der Waals surface area contributed by atoms with Gasteiger partial charge in [-0.25, -0.2) is 0 Å². The van der Waals surface area contributed by atoms with Gasteiger partial charge in [0.1, 0.15) is 17.3 Å². The van der Waals surface area contributed by atoms with Crippen LogP contribution >= 0.6 is 31.9 Å². The van der Waals surface area contributed by atoms with E-state index in [2.05, 4.69) is 45.7 Å². The molecule has 1 aromatic rings. The first-order chi connectivity index (χ1) is 13.9. The number of rotatable bonds is 4. The van der Waals surface area contributed by atoms with E-state index >= 15 is 0 Å². The Morgan fingerprint density at radius 2 is 1.48 bits per heavy atom. The highest BCUT2D eigenvalue weighted by Gasteiger charge is 2.42. The van der Waals surface area contributed by atoms with E-state index in [0.29, 0.717) is 36.5 Å². The lowest BCUT2D eigenvalue weighted by atomic mass is 9.73. The molecule has 0 N–H and O–H groups in total. The van der Waals surface area contributed by atoms with E-state index in [1.807, 2.05) is 12.1 Å². The monoisotopic (exact) mass is 522 g/mol. The van der Waals surface area contributed by atoms with E-state index in [-0.39, 0.29) is 17.5 Å². The van der Waals surface area contributed by atoms with Gasteiger partial charge in [-0.15, -0.1) is 0 Å². The molecule has 154 valence electrons. The van der Waals surface area contributed by atoms with Crippen LogP contribution in [0.4, 0.5) is 0 Å². The highest BCUT2D eigenvalue weighted by Crippen LogP contribution is 2.49. The van der Waals surface area contributed by atoms with Crippen molar-refractivity contribution in [2.24, 2.45) is 5.92 Å². The van der Waals surface area contributed by atoms with Crippen LogP contribution in [-0.4, -0.2) is 18.2 Å². The van der Waals surface area contributed by atoms with Crippen molar-refractivity contribution in [1.82, 2.24) is 0 Å². The molecule has 1 heterocycles. The highest BCUT2D eigenvalue weighted by atomic mass is 79.9. The Bertz CT molecular complexity index is 877. The zero-order valence-electron chi connectivity index (χ0n) is 16.6. The van der Waals surface area contributed by atoms with Crippen molar-refractivity contribution in [3.8, 4) is 5.75 Å². The second kappa shape index (κ2) is 8.38. The smallest absolute Gasteiger partial charge is 0.163 e. The van der Waals surface area contributed by atoms with Crippen molar-refractivity contribution < 1.29 is 19.1 Å². The van der Waals surface area contributed by atoms with Gasteiger partial charge in [-0.3, -0.25) is 9.59 Å². The molecule has 0 spiro atoms. The first kappa shape index (κ1) is 20.9. The van der Waals surface area contributed by atoms with E-state index < -0.39 is 0 Å². The maximum atomic E-state index is 12.9. The van der Waals surface area contributed by atoms with Gasteiger partial charge in [-0.05, 0) is 68.3 Å². The fourth-order valence-electron chi connectivity index (χ4n) is 4.29. The average molecular weight is 524 g/mol. The van der Waals surface area contributed by atoms with Crippen LogP contribution in [0.2, 0.25) is 0 Å². The summed E-state index contributed by atoms with van der Waals surface area (Å²) in [7, 11) is 0. The van der Waals surface area contributed by atoms with Crippen molar-refractivity contribution in [2.45, 2.75) is 58.3 Å². The number of allylic oxidation sites excluding steroid dienone is 4. The van der Waals surface area contributed by atoms with Crippen LogP contribution < -0.4 is 4.74 Å². The summed E-state index contributed by atoms with van der Waals surface area (Å²) in [6.07, 6.45) is 4.12. The lowest BCUT2D eigenvalue weighted by Crippen LogP contribution is -2.30. The highest BCUT2D eigenvalue weighted by molar-refractivity contribution is 9.11. The minimum Gasteiger partial charge on any atom is -0.491 e. The molecule has 6 heteroatoms. The SMILES string of the molecule is CC(C)COc1c(Br)cc(C2C3=C(CCCC3=O)OC3=C2C(=O)CCC3)cc1Br. The number of carbonyl (C=O) groups is 2. The number of ketones is 2. The quantitative estimate of drug-likeness (QED) is 0.459. The standard InChI is InChI=1S/C23H24Br2O4/c1-12(2)11-28-23-14(24)9-13(10-15(23)25)20-21-16(26)5-3-7-18(21)29-19-8-4-6-17(27)22(19)20/h9-10,12,20H,3-8,11H2,1-2H3. The zero-order valence-corrected chi connectivity index (χ0v) is 19.8. The molecule has 4 nitrogen and oxygen atoms in total. The largest absolute Gasteiger partial charge is 0.491 e. The number of Topliss-reactive ketones (excluding diaryl/α,β-unsaturated/α-hetero) is 2. The third-order valence-electron chi connectivity index (χ3n) is 5.56. The Kier molecular flexibility index (Phi) is 6.03. The van der Waals surface area contributed by atoms with Gasteiger partial charge < -0.3 is 9.47 Å². The fraction of sp³-hybridized carbons (Fsp3) is 0.478. The van der Waals surface area contributed by atoms with Crippen LogP contribution in [-0.2, 0) is 14.3 Å². The summed E-state index contributed by atoms with van der Waals surface area (Å²) in [6.45, 7) is 4.81. The molecular weight excluding hydrogens is 500 g/mol. The van der Waals surface area contributed by atoms with Gasteiger partial charge in [0.05, 0.1) is 15.6 Å². The fourth-order valence-corrected chi connectivity index (χ4v) is 5.74. The predicted molar refractivity (Wildman–Crippen MR) is 118 cm³/mol. The van der Waals surface area contributed by atoms with Crippen molar-refractivity contribution in [1.29, 1.82) is 0 Å². The Labute approximate surface area is 188 Å². The summed E-state index contributed by atoms with van der Waals surface area (Å²) in [4.78, 5) is 25.8. The molecule has 4 rings (SSSR count). The number of halogens is 2. The van der Waals surface area contributed by atoms with E-state index in [1.54, 1.807) is 0 Å². The molecule has 1 aromatic carbocycles. The molecule has 1 aliphatic heterocycles. The van der Waals surface area contributed by atoms with Crippen LogP contribution in [0.1, 0.15) is 63.9 Å². The minimum atomic E-state index is -0.360. The number of hydrogen-bond donors (Lipinski definition) is 0. The second-order valence-electron chi connectivity index (χ2n) is 8.28. The van der Waals surface area contributed by atoms with Gasteiger partial charge in [0.25, 0.3) is 0 Å². The molecule has 0 unspecified atom stereocenters. The lowest BCUT2D eigenvalue weighted by Gasteiger charge is -2.36. The number of hydrogen-bond acceptors (Lipinski definition) is 4. The molecule has 2 aliphatic carbocycles. The Morgan fingerprint density at radius 1 is 0.966 bits per heavy atom. The minimum absolute atomic E-state index is 0.0913. The van der Waals surface area contributed by atoms with Gasteiger partial charge in [0.15, 0.2) is 11.6 Å². The molecule has 0 atom stereocenters. The van der Waals surface area contributed by atoms with E-state index in [4.69, 9.17) is 9.47 Å². The van der Waals surface area contributed by atoms with Crippen LogP contribution in [0.25, 0.3) is 0 Å². The Morgan fingerprint density at radius 3 is 1.97 bits per heavy atom. The maximum absolute atomic E-state index is 12.9. The number of benzene rings is 1. The molecule has 0 amide bonds. The van der Waals surface area contributed by atoms with E-state index in [1.165, 1.54) is 0 Å². The summed E-state index contributed by atoms with van der Waals surface area (Å²) >= 11 is 7.27. The van der Waals surface area contributed by atoms with Crippen molar-refractivity contribution in [3.63, 3.8) is 0 Å². The third-order valence-corrected chi connectivity index (χ3v) is 6.73. The van der Waals surface area contributed by atoms with Crippen molar-refractivity contribution >= 4 is 43.4 Å². The molecule has 0 radical (unpaired) electrons. The molecular formula is C23H24Br2O4.